The lowest BCUT2D eigenvalue weighted by molar-refractivity contribution is -0.147. The number of nitrogens with zero attached hydrogens (tertiary/aromatic N) is 6. The normalized spacial score (nSPS) is 13.4. The van der Waals surface area contributed by atoms with Gasteiger partial charge in [0.25, 0.3) is 18.6 Å². The molecule has 0 radical (unpaired) electrons. The van der Waals surface area contributed by atoms with Crippen LogP contribution in [0.5, 0.6) is 0 Å². The first-order valence-electron chi connectivity index (χ1n) is 20.9. The topological polar surface area (TPSA) is 335 Å². The molecule has 0 aliphatic rings. The van der Waals surface area contributed by atoms with Gasteiger partial charge >= 0.3 is 19.5 Å². The van der Waals surface area contributed by atoms with Crippen molar-refractivity contribution in [2.45, 2.75) is 67.0 Å². The van der Waals surface area contributed by atoms with Crippen molar-refractivity contribution in [2.75, 3.05) is 50.6 Å². The van der Waals surface area contributed by atoms with Gasteiger partial charge in [0.2, 0.25) is 11.9 Å². The van der Waals surface area contributed by atoms with Crippen molar-refractivity contribution >= 4 is 61.3 Å². The van der Waals surface area contributed by atoms with E-state index < -0.39 is 44.6 Å². The minimum atomic E-state index is -3.87. The second-order valence-corrected chi connectivity index (χ2v) is 18.4. The standard InChI is InChI=1S/C20H27N6O6P.C15H18N5O5P.C6H12O2/c1-3-31-19(28)14(2)25-33(29,32-11-15-7-5-4-6-8-15)13-30-10-9-26-12-22-16-17(26)23-20(21)24-18(16)27;16-15-18-13-12(14(21)19-15)17-9-20(13)6-7-24-10-26(22,23)25-8-11-4-2-1-3-5-11;1-4-8-6(7)5(2)3/h4-8,12,14H,3,9-11,13H2,1-2H3,(H,25,29)(H3,21,23,24,27);1-5,9H,6-8,10H2,(H,22,23)(H3,16,18,19,21);5H,4H2,1-3H3/t14-,33?;;/m0../s1. The van der Waals surface area contributed by atoms with Gasteiger partial charge in [-0.2, -0.15) is 9.97 Å². The molecule has 0 spiro atoms. The summed E-state index contributed by atoms with van der Waals surface area (Å²) in [6.07, 6.45) is 2.15. The Balaban J connectivity index is 0.000000256. The number of fused-ring (bicyclic) bond motifs is 2. The molecule has 2 unspecified atom stereocenters. The van der Waals surface area contributed by atoms with E-state index in [4.69, 9.17) is 34.7 Å². The summed E-state index contributed by atoms with van der Waals surface area (Å²) in [6.45, 7) is 10.2. The molecule has 0 saturated carbocycles. The Hall–Kier alpha value is -6.10. The third kappa shape index (κ3) is 17.6. The fourth-order valence-corrected chi connectivity index (χ4v) is 7.97. The van der Waals surface area contributed by atoms with E-state index in [-0.39, 0.29) is 87.3 Å². The number of hydrogen-bond donors (Lipinski definition) is 6. The average Bonchev–Trinajstić information content (AvgIpc) is 3.90. The molecule has 24 nitrogen and oxygen atoms in total. The van der Waals surface area contributed by atoms with Gasteiger partial charge in [-0.05, 0) is 31.9 Å². The highest BCUT2D eigenvalue weighted by atomic mass is 31.2. The third-order valence-corrected chi connectivity index (χ3v) is 11.7. The molecule has 3 atom stereocenters. The lowest BCUT2D eigenvalue weighted by atomic mass is 10.2. The largest absolute Gasteiger partial charge is 0.466 e. The molecule has 0 aliphatic carbocycles. The zero-order valence-corrected chi connectivity index (χ0v) is 39.5. The fraction of sp³-hybridized carbons (Fsp3) is 0.415. The minimum Gasteiger partial charge on any atom is -0.466 e. The summed E-state index contributed by atoms with van der Waals surface area (Å²) in [6, 6.07) is 17.5. The van der Waals surface area contributed by atoms with E-state index in [1.54, 1.807) is 42.0 Å². The molecule has 8 N–H and O–H groups in total. The van der Waals surface area contributed by atoms with Crippen molar-refractivity contribution in [3.8, 4) is 0 Å². The Morgan fingerprint density at radius 1 is 0.716 bits per heavy atom. The van der Waals surface area contributed by atoms with Gasteiger partial charge in [0.15, 0.2) is 22.3 Å². The average molecular weight is 974 g/mol. The van der Waals surface area contributed by atoms with Crippen LogP contribution in [0, 0.1) is 5.92 Å². The van der Waals surface area contributed by atoms with Crippen molar-refractivity contribution in [3.05, 3.63) is 105 Å². The number of H-pyrrole nitrogens is 2. The van der Waals surface area contributed by atoms with E-state index in [0.717, 1.165) is 11.1 Å². The molecule has 6 rings (SSSR count). The van der Waals surface area contributed by atoms with Gasteiger partial charge in [-0.15, -0.1) is 0 Å². The molecule has 6 aromatic rings. The molecule has 67 heavy (non-hydrogen) atoms. The first kappa shape index (κ1) is 53.5. The number of nitrogens with two attached hydrogens (primary N) is 2. The van der Waals surface area contributed by atoms with Crippen LogP contribution in [0.25, 0.3) is 22.3 Å². The van der Waals surface area contributed by atoms with Crippen molar-refractivity contribution in [3.63, 3.8) is 0 Å². The summed E-state index contributed by atoms with van der Waals surface area (Å²) in [7, 11) is -7.44. The predicted molar refractivity (Wildman–Crippen MR) is 247 cm³/mol. The van der Waals surface area contributed by atoms with Crippen LogP contribution >= 0.6 is 15.1 Å². The Kier molecular flexibility index (Phi) is 21.0. The van der Waals surface area contributed by atoms with E-state index in [2.05, 4.69) is 39.7 Å². The van der Waals surface area contributed by atoms with Gasteiger partial charge < -0.3 is 53.5 Å². The molecule has 4 heterocycles. The number of rotatable bonds is 22. The summed E-state index contributed by atoms with van der Waals surface area (Å²) in [5.74, 6) is -0.687. The Bertz CT molecular complexity index is 2710. The quantitative estimate of drug-likeness (QED) is 0.0319. The van der Waals surface area contributed by atoms with Crippen molar-refractivity contribution < 1.29 is 51.6 Å². The van der Waals surface area contributed by atoms with Crippen LogP contribution in [0.1, 0.15) is 45.7 Å². The molecule has 0 amide bonds. The molecule has 0 aliphatic heterocycles. The lowest BCUT2D eigenvalue weighted by Gasteiger charge is -2.23. The van der Waals surface area contributed by atoms with Crippen molar-refractivity contribution in [1.82, 2.24) is 44.1 Å². The van der Waals surface area contributed by atoms with Gasteiger partial charge in [-0.25, -0.2) is 15.1 Å². The molecular weight excluding hydrogens is 916 g/mol. The van der Waals surface area contributed by atoms with Gasteiger partial charge in [-0.1, -0.05) is 74.5 Å². The Morgan fingerprint density at radius 2 is 1.16 bits per heavy atom. The first-order valence-corrected chi connectivity index (χ1v) is 24.5. The second-order valence-electron chi connectivity index (χ2n) is 14.5. The number of nitrogen functional groups attached to an aromatic ring is 2. The summed E-state index contributed by atoms with van der Waals surface area (Å²) < 4.78 is 59.8. The molecule has 0 bridgehead atoms. The monoisotopic (exact) mass is 973 g/mol. The Labute approximate surface area is 384 Å². The highest BCUT2D eigenvalue weighted by Gasteiger charge is 2.30. The molecular formula is C41H57N11O13P2. The molecule has 0 saturated heterocycles. The number of carbonyl (C=O) groups excluding carboxylic acids is 2. The number of ether oxygens (including phenoxy) is 4. The van der Waals surface area contributed by atoms with Gasteiger partial charge in [0, 0.05) is 13.1 Å². The maximum Gasteiger partial charge on any atom is 0.353 e. The van der Waals surface area contributed by atoms with E-state index in [1.165, 1.54) is 12.7 Å². The maximum atomic E-state index is 13.4. The van der Waals surface area contributed by atoms with Crippen LogP contribution in [0.4, 0.5) is 11.9 Å². The van der Waals surface area contributed by atoms with E-state index in [1.807, 2.05) is 62.4 Å². The second kappa shape index (κ2) is 26.3. The zero-order valence-electron chi connectivity index (χ0n) is 37.7. The van der Waals surface area contributed by atoms with Crippen LogP contribution in [0.2, 0.25) is 0 Å². The molecule has 364 valence electrons. The lowest BCUT2D eigenvalue weighted by Crippen LogP contribution is -2.34. The number of esters is 2. The predicted octanol–water partition coefficient (Wildman–Crippen LogP) is 3.91. The van der Waals surface area contributed by atoms with Crippen molar-refractivity contribution in [1.29, 1.82) is 0 Å². The van der Waals surface area contributed by atoms with Crippen LogP contribution in [-0.2, 0) is 73.0 Å². The first-order chi connectivity index (χ1) is 31.9. The molecule has 0 fully saturated rings. The van der Waals surface area contributed by atoms with Crippen LogP contribution < -0.4 is 27.7 Å². The number of imidazole rings is 2. The van der Waals surface area contributed by atoms with Gasteiger partial charge in [0.05, 0.1) is 58.2 Å². The number of hydrogen-bond acceptors (Lipinski definition) is 18. The SMILES string of the molecule is CCOC(=O)C(C)C.CCOC(=O)[C@H](C)NP(=O)(COCCn1cnc2c(=O)[nH]c(N)nc21)OCc1ccccc1.Nc1nc2c(ncn2CCOCP(=O)(O)OCc2ccccc2)c(=O)[nH]1. The smallest absolute Gasteiger partial charge is 0.353 e. The summed E-state index contributed by atoms with van der Waals surface area (Å²) in [5, 5.41) is 2.73. The summed E-state index contributed by atoms with van der Waals surface area (Å²) in [4.78, 5) is 76.7. The van der Waals surface area contributed by atoms with Crippen LogP contribution in [0.15, 0.2) is 82.9 Å². The maximum absolute atomic E-state index is 13.4. The number of aromatic nitrogens is 8. The van der Waals surface area contributed by atoms with Gasteiger partial charge in [0.1, 0.15) is 18.7 Å². The highest BCUT2D eigenvalue weighted by molar-refractivity contribution is 7.56. The molecule has 26 heteroatoms. The van der Waals surface area contributed by atoms with E-state index in [9.17, 15) is 33.2 Å². The van der Waals surface area contributed by atoms with Crippen LogP contribution in [-0.4, -0.2) is 101 Å². The zero-order chi connectivity index (χ0) is 49.0. The molecule has 2 aromatic carbocycles. The number of nitrogens with one attached hydrogen (secondary N) is 3. The third-order valence-electron chi connectivity index (χ3n) is 8.80. The van der Waals surface area contributed by atoms with E-state index >= 15 is 0 Å². The van der Waals surface area contributed by atoms with Crippen molar-refractivity contribution in [2.24, 2.45) is 5.92 Å². The minimum absolute atomic E-state index is 0.00921. The fourth-order valence-electron chi connectivity index (χ4n) is 5.53. The Morgan fingerprint density at radius 3 is 1.61 bits per heavy atom. The number of benzene rings is 2. The molecule has 4 aromatic heterocycles. The highest BCUT2D eigenvalue weighted by Crippen LogP contribution is 2.44. The number of carbonyl (C=O) groups is 2. The van der Waals surface area contributed by atoms with Crippen LogP contribution in [0.3, 0.4) is 0 Å². The van der Waals surface area contributed by atoms with E-state index in [0.29, 0.717) is 17.9 Å². The number of aromatic amines is 2. The summed E-state index contributed by atoms with van der Waals surface area (Å²) >= 11 is 0. The number of anilines is 2. The van der Waals surface area contributed by atoms with Gasteiger partial charge in [-0.3, -0.25) is 38.3 Å². The summed E-state index contributed by atoms with van der Waals surface area (Å²) in [5.41, 5.74) is 12.8.